The van der Waals surface area contributed by atoms with Gasteiger partial charge >= 0.3 is 5.63 Å². The first-order valence-electron chi connectivity index (χ1n) is 7.83. The molecule has 1 heterocycles. The van der Waals surface area contributed by atoms with Gasteiger partial charge in [-0.3, -0.25) is 0 Å². The van der Waals surface area contributed by atoms with E-state index in [2.05, 4.69) is 0 Å². The minimum atomic E-state index is -0.770. The molecule has 2 rings (SSSR count). The largest absolute Gasteiger partial charge is 0.496 e. The smallest absolute Gasteiger partial charge is 0.336 e. The summed E-state index contributed by atoms with van der Waals surface area (Å²) in [5, 5.41) is 11.3. The van der Waals surface area contributed by atoms with Crippen molar-refractivity contribution in [2.45, 2.75) is 38.9 Å². The van der Waals surface area contributed by atoms with Gasteiger partial charge in [0, 0.05) is 30.7 Å². The Morgan fingerprint density at radius 1 is 1.25 bits per heavy atom. The molecule has 0 fully saturated rings. The highest BCUT2D eigenvalue weighted by Gasteiger charge is 2.31. The summed E-state index contributed by atoms with van der Waals surface area (Å²) in [6.45, 7) is 6.05. The molecule has 1 aromatic carbocycles. The standard InChI is InChI=1S/C18H24O6/c1-6-23-18(2,3)15(19)9-12-13(21-4)10-14-11(17(12)22-5)7-8-16(20)24-14/h7-8,10,15,19H,6,9H2,1-5H3/t15-/m0/s1. The zero-order chi connectivity index (χ0) is 17.9. The summed E-state index contributed by atoms with van der Waals surface area (Å²) in [6, 6.07) is 4.61. The second-order valence-electron chi connectivity index (χ2n) is 6.01. The average Bonchev–Trinajstić information content (AvgIpc) is 2.53. The van der Waals surface area contributed by atoms with E-state index in [9.17, 15) is 9.90 Å². The van der Waals surface area contributed by atoms with Crippen molar-refractivity contribution in [2.75, 3.05) is 20.8 Å². The summed E-state index contributed by atoms with van der Waals surface area (Å²) < 4.78 is 21.8. The molecule has 1 N–H and O–H groups in total. The molecule has 0 spiro atoms. The van der Waals surface area contributed by atoms with Crippen LogP contribution < -0.4 is 15.1 Å². The fraction of sp³-hybridized carbons (Fsp3) is 0.500. The van der Waals surface area contributed by atoms with Crippen LogP contribution >= 0.6 is 0 Å². The van der Waals surface area contributed by atoms with Gasteiger partial charge in [-0.25, -0.2) is 4.79 Å². The average molecular weight is 336 g/mol. The van der Waals surface area contributed by atoms with Gasteiger partial charge in [0.25, 0.3) is 0 Å². The molecular weight excluding hydrogens is 312 g/mol. The maximum Gasteiger partial charge on any atom is 0.336 e. The molecule has 1 aromatic heterocycles. The number of rotatable bonds is 7. The molecule has 6 heteroatoms. The lowest BCUT2D eigenvalue weighted by Gasteiger charge is -2.31. The first kappa shape index (κ1) is 18.3. The Bertz CT molecular complexity index is 762. The van der Waals surface area contributed by atoms with Crippen molar-refractivity contribution in [1.29, 1.82) is 0 Å². The van der Waals surface area contributed by atoms with E-state index >= 15 is 0 Å². The van der Waals surface area contributed by atoms with Crippen molar-refractivity contribution in [3.63, 3.8) is 0 Å². The van der Waals surface area contributed by atoms with Crippen LogP contribution in [-0.2, 0) is 11.2 Å². The molecule has 132 valence electrons. The normalized spacial score (nSPS) is 13.1. The van der Waals surface area contributed by atoms with Crippen molar-refractivity contribution >= 4 is 11.0 Å². The van der Waals surface area contributed by atoms with E-state index in [4.69, 9.17) is 18.6 Å². The predicted molar refractivity (Wildman–Crippen MR) is 91.0 cm³/mol. The summed E-state index contributed by atoms with van der Waals surface area (Å²) in [7, 11) is 3.05. The molecule has 0 radical (unpaired) electrons. The fourth-order valence-electron chi connectivity index (χ4n) is 2.72. The van der Waals surface area contributed by atoms with Gasteiger partial charge in [0.1, 0.15) is 17.1 Å². The highest BCUT2D eigenvalue weighted by molar-refractivity contribution is 5.87. The van der Waals surface area contributed by atoms with E-state index in [-0.39, 0.29) is 6.42 Å². The minimum absolute atomic E-state index is 0.272. The van der Waals surface area contributed by atoms with E-state index in [1.54, 1.807) is 12.1 Å². The number of ether oxygens (including phenoxy) is 3. The van der Waals surface area contributed by atoms with Crippen LogP contribution in [0.25, 0.3) is 11.0 Å². The van der Waals surface area contributed by atoms with E-state index in [0.717, 1.165) is 0 Å². The van der Waals surface area contributed by atoms with Gasteiger partial charge in [0.05, 0.1) is 31.3 Å². The predicted octanol–water partition coefficient (Wildman–Crippen LogP) is 2.53. The van der Waals surface area contributed by atoms with Crippen LogP contribution in [0.1, 0.15) is 26.3 Å². The van der Waals surface area contributed by atoms with Gasteiger partial charge in [-0.2, -0.15) is 0 Å². The molecule has 0 saturated heterocycles. The van der Waals surface area contributed by atoms with Gasteiger partial charge in [0.2, 0.25) is 0 Å². The van der Waals surface area contributed by atoms with Crippen LogP contribution in [0.4, 0.5) is 0 Å². The second-order valence-corrected chi connectivity index (χ2v) is 6.01. The Labute approximate surface area is 140 Å². The molecular formula is C18H24O6. The number of aliphatic hydroxyl groups excluding tert-OH is 1. The number of hydrogen-bond acceptors (Lipinski definition) is 6. The lowest BCUT2D eigenvalue weighted by molar-refractivity contribution is -0.0957. The molecule has 6 nitrogen and oxygen atoms in total. The summed E-state index contributed by atoms with van der Waals surface area (Å²) in [5.74, 6) is 1.000. The number of fused-ring (bicyclic) bond motifs is 1. The highest BCUT2D eigenvalue weighted by atomic mass is 16.5. The van der Waals surface area contributed by atoms with E-state index < -0.39 is 17.3 Å². The Balaban J connectivity index is 2.56. The van der Waals surface area contributed by atoms with Gasteiger partial charge in [-0.15, -0.1) is 0 Å². The molecule has 0 saturated carbocycles. The number of aliphatic hydroxyl groups is 1. The van der Waals surface area contributed by atoms with Crippen LogP contribution in [0.15, 0.2) is 27.4 Å². The van der Waals surface area contributed by atoms with Crippen molar-refractivity contribution in [2.24, 2.45) is 0 Å². The molecule has 2 aromatic rings. The SMILES string of the molecule is CCOC(C)(C)[C@@H](O)Cc1c(OC)cc2oc(=O)ccc2c1OC. The van der Waals surface area contributed by atoms with E-state index in [1.165, 1.54) is 20.3 Å². The van der Waals surface area contributed by atoms with Crippen molar-refractivity contribution in [1.82, 2.24) is 0 Å². The summed E-state index contributed by atoms with van der Waals surface area (Å²) >= 11 is 0. The zero-order valence-corrected chi connectivity index (χ0v) is 14.7. The van der Waals surface area contributed by atoms with E-state index in [0.29, 0.717) is 34.6 Å². The number of methoxy groups -OCH3 is 2. The lowest BCUT2D eigenvalue weighted by Crippen LogP contribution is -2.40. The fourth-order valence-corrected chi connectivity index (χ4v) is 2.72. The van der Waals surface area contributed by atoms with Gasteiger partial charge in [-0.05, 0) is 26.8 Å². The number of hydrogen-bond donors (Lipinski definition) is 1. The lowest BCUT2D eigenvalue weighted by atomic mass is 9.93. The Kier molecular flexibility index (Phi) is 5.51. The first-order valence-corrected chi connectivity index (χ1v) is 7.83. The van der Waals surface area contributed by atoms with Crippen molar-refractivity contribution in [3.05, 3.63) is 34.2 Å². The van der Waals surface area contributed by atoms with Gasteiger partial charge < -0.3 is 23.7 Å². The molecule has 24 heavy (non-hydrogen) atoms. The topological polar surface area (TPSA) is 78.1 Å². The number of benzene rings is 1. The van der Waals surface area contributed by atoms with Crippen LogP contribution in [0, 0.1) is 0 Å². The Morgan fingerprint density at radius 3 is 2.54 bits per heavy atom. The summed E-state index contributed by atoms with van der Waals surface area (Å²) in [6.07, 6.45) is -0.498. The molecule has 0 aliphatic carbocycles. The zero-order valence-electron chi connectivity index (χ0n) is 14.7. The molecule has 1 atom stereocenters. The third kappa shape index (κ3) is 3.55. The second kappa shape index (κ2) is 7.23. The Hall–Kier alpha value is -2.05. The Morgan fingerprint density at radius 2 is 1.96 bits per heavy atom. The van der Waals surface area contributed by atoms with Gasteiger partial charge in [0.15, 0.2) is 0 Å². The molecule has 0 aliphatic rings. The quantitative estimate of drug-likeness (QED) is 0.783. The molecule has 0 amide bonds. The monoisotopic (exact) mass is 336 g/mol. The van der Waals surface area contributed by atoms with Crippen LogP contribution in [-0.4, -0.2) is 37.6 Å². The minimum Gasteiger partial charge on any atom is -0.496 e. The van der Waals surface area contributed by atoms with Crippen molar-refractivity contribution < 1.29 is 23.7 Å². The molecule has 0 aliphatic heterocycles. The van der Waals surface area contributed by atoms with E-state index in [1.807, 2.05) is 20.8 Å². The molecule has 0 bridgehead atoms. The van der Waals surface area contributed by atoms with Crippen LogP contribution in [0.3, 0.4) is 0 Å². The van der Waals surface area contributed by atoms with Crippen molar-refractivity contribution in [3.8, 4) is 11.5 Å². The maximum absolute atomic E-state index is 11.4. The first-order chi connectivity index (χ1) is 11.3. The molecule has 0 unspecified atom stereocenters. The van der Waals surface area contributed by atoms with Crippen LogP contribution in [0.5, 0.6) is 11.5 Å². The summed E-state index contributed by atoms with van der Waals surface area (Å²) in [5.41, 5.74) is -0.0970. The maximum atomic E-state index is 11.4. The van der Waals surface area contributed by atoms with Crippen LogP contribution in [0.2, 0.25) is 0 Å². The van der Waals surface area contributed by atoms with Gasteiger partial charge in [-0.1, -0.05) is 0 Å². The third-order valence-electron chi connectivity index (χ3n) is 4.08. The third-order valence-corrected chi connectivity index (χ3v) is 4.08. The highest BCUT2D eigenvalue weighted by Crippen LogP contribution is 2.38. The summed E-state index contributed by atoms with van der Waals surface area (Å²) in [4.78, 5) is 11.4.